The van der Waals surface area contributed by atoms with Crippen molar-refractivity contribution in [3.63, 3.8) is 0 Å². The van der Waals surface area contributed by atoms with E-state index in [9.17, 15) is 18.1 Å². The van der Waals surface area contributed by atoms with E-state index in [2.05, 4.69) is 29.9 Å². The van der Waals surface area contributed by atoms with Crippen molar-refractivity contribution in [3.8, 4) is 0 Å². The number of nitrogens with zero attached hydrogens (tertiary/aromatic N) is 2. The van der Waals surface area contributed by atoms with Gasteiger partial charge < -0.3 is 18.8 Å². The van der Waals surface area contributed by atoms with E-state index >= 15 is 0 Å². The van der Waals surface area contributed by atoms with Crippen LogP contribution in [0.5, 0.6) is 0 Å². The lowest BCUT2D eigenvalue weighted by Gasteiger charge is -2.16. The quantitative estimate of drug-likeness (QED) is 0.244. The van der Waals surface area contributed by atoms with Gasteiger partial charge in [0.05, 0.1) is 24.0 Å². The van der Waals surface area contributed by atoms with Crippen LogP contribution in [0, 0.1) is 0 Å². The third-order valence-corrected chi connectivity index (χ3v) is 6.25. The molecule has 2 aromatic carbocycles. The average Bonchev–Trinajstić information content (AvgIpc) is 3.57. The number of hydrogen-bond donors (Lipinski definition) is 1. The van der Waals surface area contributed by atoms with Crippen molar-refractivity contribution in [2.24, 2.45) is 0 Å². The van der Waals surface area contributed by atoms with Crippen LogP contribution in [0.25, 0.3) is 12.2 Å². The van der Waals surface area contributed by atoms with E-state index < -0.39 is 22.4 Å². The van der Waals surface area contributed by atoms with Crippen LogP contribution in [0.1, 0.15) is 35.4 Å². The van der Waals surface area contributed by atoms with Gasteiger partial charge in [0.25, 0.3) is 0 Å². The van der Waals surface area contributed by atoms with Crippen LogP contribution in [-0.2, 0) is 28.0 Å². The second-order valence-electron chi connectivity index (χ2n) is 8.28. The maximum Gasteiger partial charge on any atom is 0.246 e. The van der Waals surface area contributed by atoms with Crippen LogP contribution >= 0.6 is 0 Å². The summed E-state index contributed by atoms with van der Waals surface area (Å²) in [5, 5.41) is 10.1. The standard InChI is InChI=1S/C20H23N2O3.C8H8O3S/c1-3-17-4-6-18(7-5-17)12-21-9-10-22(15-21)20(16(2)23)25-14-19-8-11-24-13-19;1-2-7-3-5-8(6-4-7)12(9,10)11/h3-11,13,15-16,20,23H,1,12,14H2,2H3;2-6H,1H2,(H,9,10,11)/q+1;/p-1. The van der Waals surface area contributed by atoms with Crippen molar-refractivity contribution in [2.75, 3.05) is 0 Å². The minimum atomic E-state index is -4.31. The molecule has 194 valence electrons. The maximum atomic E-state index is 10.5. The summed E-state index contributed by atoms with van der Waals surface area (Å²) in [5.41, 5.74) is 4.02. The number of aliphatic hydroxyl groups is 1. The number of aliphatic hydroxyl groups excluding tert-OH is 1. The van der Waals surface area contributed by atoms with Crippen molar-refractivity contribution in [3.05, 3.63) is 121 Å². The Bertz CT molecular complexity index is 1370. The van der Waals surface area contributed by atoms with Crippen LogP contribution in [-0.4, -0.2) is 28.7 Å². The molecule has 1 N–H and O–H groups in total. The Morgan fingerprint density at radius 2 is 1.68 bits per heavy atom. The molecule has 2 heterocycles. The normalized spacial score (nSPS) is 12.7. The van der Waals surface area contributed by atoms with E-state index in [0.717, 1.165) is 23.2 Å². The first-order valence-corrected chi connectivity index (χ1v) is 12.9. The summed E-state index contributed by atoms with van der Waals surface area (Å²) in [6.45, 7) is 10.1. The van der Waals surface area contributed by atoms with Crippen LogP contribution in [0.4, 0.5) is 0 Å². The number of imidazole rings is 1. The molecule has 0 saturated heterocycles. The molecule has 2 atom stereocenters. The zero-order chi connectivity index (χ0) is 26.8. The molecule has 4 rings (SSSR count). The molecule has 0 radical (unpaired) electrons. The topological polar surface area (TPSA) is 109 Å². The van der Waals surface area contributed by atoms with Gasteiger partial charge in [0.1, 0.15) is 35.2 Å². The lowest BCUT2D eigenvalue weighted by molar-refractivity contribution is -0.688. The number of benzene rings is 2. The summed E-state index contributed by atoms with van der Waals surface area (Å²) >= 11 is 0. The minimum absolute atomic E-state index is 0.215. The molecule has 9 heteroatoms. The van der Waals surface area contributed by atoms with E-state index in [1.807, 2.05) is 47.6 Å². The average molecular weight is 523 g/mol. The third-order valence-electron chi connectivity index (χ3n) is 5.40. The Kier molecular flexibility index (Phi) is 9.76. The molecule has 0 aliphatic rings. The molecule has 2 unspecified atom stereocenters. The second-order valence-corrected chi connectivity index (χ2v) is 9.66. The summed E-state index contributed by atoms with van der Waals surface area (Å²) in [4.78, 5) is -0.215. The van der Waals surface area contributed by atoms with Gasteiger partial charge >= 0.3 is 0 Å². The molecule has 37 heavy (non-hydrogen) atoms. The first-order valence-electron chi connectivity index (χ1n) is 11.5. The van der Waals surface area contributed by atoms with Crippen molar-refractivity contribution in [1.82, 2.24) is 4.57 Å². The Morgan fingerprint density at radius 1 is 1.05 bits per heavy atom. The highest BCUT2D eigenvalue weighted by Crippen LogP contribution is 2.16. The van der Waals surface area contributed by atoms with Crippen molar-refractivity contribution in [2.45, 2.75) is 37.3 Å². The molecule has 0 bridgehead atoms. The summed E-state index contributed by atoms with van der Waals surface area (Å²) in [6.07, 6.45) is 11.4. The Labute approximate surface area is 217 Å². The lowest BCUT2D eigenvalue weighted by Crippen LogP contribution is -2.33. The van der Waals surface area contributed by atoms with E-state index in [4.69, 9.17) is 9.15 Å². The summed E-state index contributed by atoms with van der Waals surface area (Å²) in [5.74, 6) is 0. The van der Waals surface area contributed by atoms with E-state index in [1.54, 1.807) is 25.5 Å². The van der Waals surface area contributed by atoms with Gasteiger partial charge in [-0.1, -0.05) is 61.7 Å². The fraction of sp³-hybridized carbons (Fsp3) is 0.179. The van der Waals surface area contributed by atoms with Crippen molar-refractivity contribution < 1.29 is 31.8 Å². The lowest BCUT2D eigenvalue weighted by atomic mass is 10.1. The fourth-order valence-electron chi connectivity index (χ4n) is 3.43. The molecule has 8 nitrogen and oxygen atoms in total. The van der Waals surface area contributed by atoms with Gasteiger partial charge in [-0.2, -0.15) is 0 Å². The van der Waals surface area contributed by atoms with Gasteiger partial charge in [0.15, 0.2) is 0 Å². The highest BCUT2D eigenvalue weighted by molar-refractivity contribution is 7.85. The van der Waals surface area contributed by atoms with E-state index in [-0.39, 0.29) is 4.90 Å². The molecule has 2 aromatic heterocycles. The highest BCUT2D eigenvalue weighted by Gasteiger charge is 2.23. The second kappa shape index (κ2) is 13.0. The van der Waals surface area contributed by atoms with Gasteiger partial charge in [-0.15, -0.1) is 0 Å². The Hall–Kier alpha value is -3.76. The van der Waals surface area contributed by atoms with E-state index in [1.165, 1.54) is 29.8 Å². The van der Waals surface area contributed by atoms with Gasteiger partial charge in [-0.05, 0) is 41.8 Å². The third kappa shape index (κ3) is 8.40. The maximum absolute atomic E-state index is 10.5. The van der Waals surface area contributed by atoms with Gasteiger partial charge in [0.2, 0.25) is 12.6 Å². The molecule has 0 amide bonds. The van der Waals surface area contributed by atoms with Crippen LogP contribution in [0.3, 0.4) is 0 Å². The smallest absolute Gasteiger partial charge is 0.246 e. The zero-order valence-corrected chi connectivity index (χ0v) is 21.3. The first-order chi connectivity index (χ1) is 17.7. The number of rotatable bonds is 10. The molecule has 0 fully saturated rings. The first kappa shape index (κ1) is 27.8. The molecule has 0 aliphatic carbocycles. The number of hydrogen-bond acceptors (Lipinski definition) is 6. The Balaban J connectivity index is 0.000000266. The predicted octanol–water partition coefficient (Wildman–Crippen LogP) is 4.39. The summed E-state index contributed by atoms with van der Waals surface area (Å²) in [7, 11) is -4.31. The monoisotopic (exact) mass is 522 g/mol. The van der Waals surface area contributed by atoms with Gasteiger partial charge in [-0.25, -0.2) is 17.6 Å². The van der Waals surface area contributed by atoms with Crippen molar-refractivity contribution >= 4 is 22.3 Å². The molecule has 0 spiro atoms. The predicted molar refractivity (Wildman–Crippen MR) is 139 cm³/mol. The van der Waals surface area contributed by atoms with Crippen LogP contribution in [0.15, 0.2) is 108 Å². The van der Waals surface area contributed by atoms with Crippen LogP contribution < -0.4 is 4.57 Å². The number of ether oxygens (including phenoxy) is 1. The zero-order valence-electron chi connectivity index (χ0n) is 20.5. The summed E-state index contributed by atoms with van der Waals surface area (Å²) < 4.78 is 46.2. The SMILES string of the molecule is C=Cc1ccc(C[n+]2ccn(C(OCc3ccoc3)C(C)O)c2)cc1.C=Cc1ccc(S(=O)(=O)[O-])cc1. The molecular weight excluding hydrogens is 492 g/mol. The molecular formula is C28H30N2O6S. The highest BCUT2D eigenvalue weighted by atomic mass is 32.2. The summed E-state index contributed by atoms with van der Waals surface area (Å²) in [6, 6.07) is 15.7. The van der Waals surface area contributed by atoms with Crippen molar-refractivity contribution in [1.29, 1.82) is 0 Å². The van der Waals surface area contributed by atoms with Gasteiger partial charge in [-0.3, -0.25) is 0 Å². The van der Waals surface area contributed by atoms with Gasteiger partial charge in [0, 0.05) is 5.56 Å². The fourth-order valence-corrected chi connectivity index (χ4v) is 3.90. The van der Waals surface area contributed by atoms with Crippen LogP contribution in [0.2, 0.25) is 0 Å². The Morgan fingerprint density at radius 3 is 2.19 bits per heavy atom. The largest absolute Gasteiger partial charge is 0.744 e. The van der Waals surface area contributed by atoms with E-state index in [0.29, 0.717) is 6.61 Å². The molecule has 0 saturated carbocycles. The molecule has 4 aromatic rings. The molecule has 0 aliphatic heterocycles. The number of aromatic nitrogens is 2. The number of furan rings is 1. The minimum Gasteiger partial charge on any atom is -0.744 e.